The zero-order valence-electron chi connectivity index (χ0n) is 10.5. The molecule has 19 heavy (non-hydrogen) atoms. The van der Waals surface area contributed by atoms with Crippen LogP contribution >= 0.6 is 11.6 Å². The highest BCUT2D eigenvalue weighted by atomic mass is 35.5. The smallest absolute Gasteiger partial charge is 0.314 e. The van der Waals surface area contributed by atoms with Crippen molar-refractivity contribution < 1.29 is 18.7 Å². The van der Waals surface area contributed by atoms with E-state index >= 15 is 0 Å². The van der Waals surface area contributed by atoms with Gasteiger partial charge in [-0.15, -0.1) is 0 Å². The van der Waals surface area contributed by atoms with Gasteiger partial charge in [0.05, 0.1) is 12.5 Å². The number of hydrogen-bond donors (Lipinski definition) is 1. The van der Waals surface area contributed by atoms with Gasteiger partial charge in [0, 0.05) is 18.2 Å². The molecule has 1 aliphatic carbocycles. The number of halogens is 2. The summed E-state index contributed by atoms with van der Waals surface area (Å²) < 4.78 is 24.4. The number of carbonyl (C=O) groups excluding carboxylic acids is 1. The summed E-state index contributed by atoms with van der Waals surface area (Å²) in [6, 6.07) is 1.41. The van der Waals surface area contributed by atoms with Gasteiger partial charge in [-0.2, -0.15) is 0 Å². The first kappa shape index (κ1) is 14.1. The van der Waals surface area contributed by atoms with E-state index in [1.54, 1.807) is 6.92 Å². The molecule has 0 unspecified atom stereocenters. The van der Waals surface area contributed by atoms with E-state index in [1.807, 2.05) is 0 Å². The maximum absolute atomic E-state index is 14.0. The van der Waals surface area contributed by atoms with Gasteiger partial charge in [-0.1, -0.05) is 11.6 Å². The van der Waals surface area contributed by atoms with Crippen LogP contribution in [-0.4, -0.2) is 12.6 Å². The van der Waals surface area contributed by atoms with Gasteiger partial charge in [0.15, 0.2) is 11.6 Å². The van der Waals surface area contributed by atoms with Crippen LogP contribution in [0.1, 0.15) is 25.3 Å². The van der Waals surface area contributed by atoms with E-state index in [1.165, 1.54) is 6.07 Å². The van der Waals surface area contributed by atoms with Crippen molar-refractivity contribution >= 4 is 17.6 Å². The van der Waals surface area contributed by atoms with Crippen molar-refractivity contribution in [1.82, 2.24) is 0 Å². The minimum atomic E-state index is -0.700. The average molecular weight is 288 g/mol. The summed E-state index contributed by atoms with van der Waals surface area (Å²) in [5.74, 6) is -0.941. The summed E-state index contributed by atoms with van der Waals surface area (Å²) in [7, 11) is 0. The van der Waals surface area contributed by atoms with Gasteiger partial charge in [0.2, 0.25) is 0 Å². The Bertz CT molecular complexity index is 503. The van der Waals surface area contributed by atoms with Gasteiger partial charge >= 0.3 is 5.97 Å². The van der Waals surface area contributed by atoms with E-state index in [9.17, 15) is 9.18 Å². The minimum absolute atomic E-state index is 0.0169. The van der Waals surface area contributed by atoms with Crippen molar-refractivity contribution in [3.05, 3.63) is 22.5 Å². The van der Waals surface area contributed by atoms with E-state index < -0.39 is 5.82 Å². The lowest BCUT2D eigenvalue weighted by molar-refractivity contribution is -0.135. The zero-order valence-corrected chi connectivity index (χ0v) is 11.3. The third kappa shape index (κ3) is 2.98. The Morgan fingerprint density at radius 3 is 2.74 bits per heavy atom. The third-order valence-corrected chi connectivity index (χ3v) is 3.21. The number of esters is 1. The molecule has 2 rings (SSSR count). The standard InChI is InChI=1S/C13H15ClFNO3/c1-2-18-9-5-10(19-13(17)7-3-4-7)11(14)12(15)8(9)6-16/h5,7H,2-4,6,16H2,1H3. The summed E-state index contributed by atoms with van der Waals surface area (Å²) in [6.07, 6.45) is 1.61. The maximum atomic E-state index is 14.0. The SMILES string of the molecule is CCOc1cc(OC(=O)C2CC2)c(Cl)c(F)c1CN. The molecule has 104 valence electrons. The molecule has 0 heterocycles. The fourth-order valence-electron chi connectivity index (χ4n) is 1.68. The van der Waals surface area contributed by atoms with Crippen LogP contribution in [0.25, 0.3) is 0 Å². The molecule has 1 fully saturated rings. The summed E-state index contributed by atoms with van der Waals surface area (Å²) in [4.78, 5) is 11.6. The Kier molecular flexibility index (Phi) is 4.27. The van der Waals surface area contributed by atoms with Crippen molar-refractivity contribution in [3.63, 3.8) is 0 Å². The van der Waals surface area contributed by atoms with Gasteiger partial charge in [0.25, 0.3) is 0 Å². The molecule has 0 spiro atoms. The summed E-state index contributed by atoms with van der Waals surface area (Å²) >= 11 is 5.86. The van der Waals surface area contributed by atoms with Crippen LogP contribution in [0.15, 0.2) is 6.07 Å². The van der Waals surface area contributed by atoms with Crippen molar-refractivity contribution in [3.8, 4) is 11.5 Å². The fraction of sp³-hybridized carbons (Fsp3) is 0.462. The third-order valence-electron chi connectivity index (χ3n) is 2.86. The van der Waals surface area contributed by atoms with Crippen LogP contribution in [-0.2, 0) is 11.3 Å². The van der Waals surface area contributed by atoms with Crippen molar-refractivity contribution in [2.45, 2.75) is 26.3 Å². The number of nitrogens with two attached hydrogens (primary N) is 1. The molecular weight excluding hydrogens is 273 g/mol. The van der Waals surface area contributed by atoms with Crippen LogP contribution in [0.4, 0.5) is 4.39 Å². The molecule has 2 N–H and O–H groups in total. The van der Waals surface area contributed by atoms with Crippen molar-refractivity contribution in [1.29, 1.82) is 0 Å². The number of hydrogen-bond acceptors (Lipinski definition) is 4. The second-order valence-corrected chi connectivity index (χ2v) is 4.69. The molecule has 0 amide bonds. The maximum Gasteiger partial charge on any atom is 0.314 e. The second kappa shape index (κ2) is 5.75. The Morgan fingerprint density at radius 2 is 2.21 bits per heavy atom. The summed E-state index contributed by atoms with van der Waals surface area (Å²) in [5.41, 5.74) is 5.65. The van der Waals surface area contributed by atoms with Crippen LogP contribution < -0.4 is 15.2 Å². The van der Waals surface area contributed by atoms with Crippen LogP contribution in [0.5, 0.6) is 11.5 Å². The lowest BCUT2D eigenvalue weighted by atomic mass is 10.1. The zero-order chi connectivity index (χ0) is 14.0. The number of benzene rings is 1. The lowest BCUT2D eigenvalue weighted by Gasteiger charge is -2.14. The highest BCUT2D eigenvalue weighted by molar-refractivity contribution is 6.32. The molecule has 0 aliphatic heterocycles. The molecule has 0 radical (unpaired) electrons. The highest BCUT2D eigenvalue weighted by Crippen LogP contribution is 2.38. The van der Waals surface area contributed by atoms with E-state index in [-0.39, 0.29) is 40.5 Å². The van der Waals surface area contributed by atoms with E-state index in [0.29, 0.717) is 6.61 Å². The second-order valence-electron chi connectivity index (χ2n) is 4.31. The predicted octanol–water partition coefficient (Wildman–Crippen LogP) is 2.65. The molecule has 6 heteroatoms. The molecule has 1 saturated carbocycles. The molecule has 0 bridgehead atoms. The van der Waals surface area contributed by atoms with Crippen LogP contribution in [0.3, 0.4) is 0 Å². The summed E-state index contributed by atoms with van der Waals surface area (Å²) in [6.45, 7) is 2.07. The van der Waals surface area contributed by atoms with E-state index in [2.05, 4.69) is 0 Å². The van der Waals surface area contributed by atoms with Gasteiger partial charge in [-0.05, 0) is 19.8 Å². The Balaban J connectivity index is 2.33. The lowest BCUT2D eigenvalue weighted by Crippen LogP contribution is -2.12. The Morgan fingerprint density at radius 1 is 1.53 bits per heavy atom. The van der Waals surface area contributed by atoms with E-state index in [4.69, 9.17) is 26.8 Å². The molecule has 1 aliphatic rings. The topological polar surface area (TPSA) is 61.5 Å². The molecule has 4 nitrogen and oxygen atoms in total. The van der Waals surface area contributed by atoms with Crippen molar-refractivity contribution in [2.24, 2.45) is 11.7 Å². The van der Waals surface area contributed by atoms with Gasteiger partial charge < -0.3 is 15.2 Å². The molecule has 0 saturated heterocycles. The number of ether oxygens (including phenoxy) is 2. The van der Waals surface area contributed by atoms with Gasteiger partial charge in [-0.3, -0.25) is 4.79 Å². The number of carbonyl (C=O) groups is 1. The predicted molar refractivity (Wildman–Crippen MR) is 68.8 cm³/mol. The largest absolute Gasteiger partial charge is 0.493 e. The molecule has 0 atom stereocenters. The molecule has 0 aromatic heterocycles. The first-order chi connectivity index (χ1) is 9.08. The van der Waals surface area contributed by atoms with Gasteiger partial charge in [0.1, 0.15) is 10.8 Å². The molecule has 1 aromatic rings. The quantitative estimate of drug-likeness (QED) is 0.668. The first-order valence-electron chi connectivity index (χ1n) is 6.13. The van der Waals surface area contributed by atoms with Gasteiger partial charge in [-0.25, -0.2) is 4.39 Å². The Labute approximate surface area is 115 Å². The minimum Gasteiger partial charge on any atom is -0.493 e. The van der Waals surface area contributed by atoms with Crippen molar-refractivity contribution in [2.75, 3.05) is 6.61 Å². The molecule has 1 aromatic carbocycles. The monoisotopic (exact) mass is 287 g/mol. The van der Waals surface area contributed by atoms with Crippen LogP contribution in [0, 0.1) is 11.7 Å². The Hall–Kier alpha value is -1.33. The summed E-state index contributed by atoms with van der Waals surface area (Å²) in [5, 5.41) is -0.238. The highest BCUT2D eigenvalue weighted by Gasteiger charge is 2.32. The van der Waals surface area contributed by atoms with E-state index in [0.717, 1.165) is 12.8 Å². The normalized spacial score (nSPS) is 14.3. The molecular formula is C13H15ClFNO3. The van der Waals surface area contributed by atoms with Crippen LogP contribution in [0.2, 0.25) is 5.02 Å². The fourth-order valence-corrected chi connectivity index (χ4v) is 1.89. The number of rotatable bonds is 5. The average Bonchev–Trinajstić information content (AvgIpc) is 3.20. The first-order valence-corrected chi connectivity index (χ1v) is 6.51.